The molecule has 3 N–H and O–H groups in total. The van der Waals surface area contributed by atoms with Crippen LogP contribution in [0.5, 0.6) is 0 Å². The molecule has 2 saturated heterocycles. The van der Waals surface area contributed by atoms with Crippen molar-refractivity contribution in [2.75, 3.05) is 25.0 Å². The molecule has 236 valence electrons. The lowest BCUT2D eigenvalue weighted by atomic mass is 9.97. The van der Waals surface area contributed by atoms with Gasteiger partial charge in [0.15, 0.2) is 0 Å². The van der Waals surface area contributed by atoms with Crippen LogP contribution in [0.25, 0.3) is 22.3 Å². The third-order valence-electron chi connectivity index (χ3n) is 9.12. The van der Waals surface area contributed by atoms with Crippen molar-refractivity contribution in [1.29, 1.82) is 0 Å². The molecule has 2 unspecified atom stereocenters. The fourth-order valence-corrected chi connectivity index (χ4v) is 6.63. The number of unbranched alkanes of at least 4 members (excludes halogenated alkanes) is 3. The molecule has 3 aliphatic heterocycles. The Morgan fingerprint density at radius 3 is 2.65 bits per heavy atom. The summed E-state index contributed by atoms with van der Waals surface area (Å²) in [5.41, 5.74) is 6.26. The molecule has 0 saturated carbocycles. The van der Waals surface area contributed by atoms with Gasteiger partial charge in [-0.25, -0.2) is 4.98 Å². The van der Waals surface area contributed by atoms with Gasteiger partial charge in [-0.2, -0.15) is 5.10 Å². The summed E-state index contributed by atoms with van der Waals surface area (Å²) in [5.74, 6) is -1.53. The Hall–Kier alpha value is -4.97. The molecular formula is C34H36N8O4. The SMILES string of the molecule is O=C1CCC(N2C(=O)c3ccc(NCCCCCCn4cc(-c5cnc6cccc(C7CCNC7)c6n5)cn4)cc3C2=O)C(=O)N1. The Kier molecular flexibility index (Phi) is 8.27. The second-order valence-electron chi connectivity index (χ2n) is 12.2. The molecule has 3 aliphatic rings. The second-order valence-corrected chi connectivity index (χ2v) is 12.2. The summed E-state index contributed by atoms with van der Waals surface area (Å²) in [5, 5.41) is 13.6. The van der Waals surface area contributed by atoms with Gasteiger partial charge in [-0.1, -0.05) is 25.0 Å². The van der Waals surface area contributed by atoms with E-state index >= 15 is 0 Å². The van der Waals surface area contributed by atoms with Gasteiger partial charge in [0.05, 0.1) is 40.2 Å². The maximum Gasteiger partial charge on any atom is 0.262 e. The number of piperidine rings is 1. The maximum atomic E-state index is 13.0. The zero-order valence-corrected chi connectivity index (χ0v) is 25.5. The van der Waals surface area contributed by atoms with E-state index in [0.717, 1.165) is 91.2 Å². The third kappa shape index (κ3) is 5.87. The predicted molar refractivity (Wildman–Crippen MR) is 171 cm³/mol. The number of carbonyl (C=O) groups is 4. The number of nitrogens with one attached hydrogen (secondary N) is 3. The molecule has 0 spiro atoms. The van der Waals surface area contributed by atoms with E-state index in [9.17, 15) is 19.2 Å². The van der Waals surface area contributed by atoms with E-state index in [1.807, 2.05) is 29.3 Å². The standard InChI is InChI=1S/C34H36N8O4/c43-30-11-10-29(32(44)40-30)42-33(45)25-9-8-23(16-26(25)34(42)46)36-13-3-1-2-4-15-41-20-22(18-38-41)28-19-37-27-7-5-6-24(31(27)39-28)21-12-14-35-17-21/h5-9,16,18-21,29,35-36H,1-4,10-15,17H2,(H,40,43,44). The number of hydrogen-bond donors (Lipinski definition) is 3. The average molecular weight is 621 g/mol. The van der Waals surface area contributed by atoms with Crippen LogP contribution < -0.4 is 16.0 Å². The molecule has 0 radical (unpaired) electrons. The van der Waals surface area contributed by atoms with E-state index in [0.29, 0.717) is 5.92 Å². The first-order chi connectivity index (χ1) is 22.5. The first kappa shape index (κ1) is 29.7. The lowest BCUT2D eigenvalue weighted by molar-refractivity contribution is -0.136. The van der Waals surface area contributed by atoms with E-state index < -0.39 is 29.7 Å². The van der Waals surface area contributed by atoms with Crippen LogP contribution in [0.4, 0.5) is 5.69 Å². The summed E-state index contributed by atoms with van der Waals surface area (Å²) in [6, 6.07) is 10.4. The highest BCUT2D eigenvalue weighted by Gasteiger charge is 2.44. The van der Waals surface area contributed by atoms with Crippen LogP contribution in [0.1, 0.15) is 77.1 Å². The summed E-state index contributed by atoms with van der Waals surface area (Å²) in [7, 11) is 0. The van der Waals surface area contributed by atoms with Gasteiger partial charge in [-0.3, -0.25) is 39.1 Å². The number of aryl methyl sites for hydroxylation is 1. The number of hydrogen-bond acceptors (Lipinski definition) is 9. The minimum absolute atomic E-state index is 0.0967. The van der Waals surface area contributed by atoms with Crippen molar-refractivity contribution >= 4 is 40.3 Å². The summed E-state index contributed by atoms with van der Waals surface area (Å²) in [4.78, 5) is 60.4. The molecule has 2 aromatic carbocycles. The van der Waals surface area contributed by atoms with Gasteiger partial charge in [0.2, 0.25) is 11.8 Å². The first-order valence-corrected chi connectivity index (χ1v) is 16.0. The van der Waals surface area contributed by atoms with Gasteiger partial charge in [0.1, 0.15) is 6.04 Å². The molecule has 4 aromatic rings. The van der Waals surface area contributed by atoms with Crippen LogP contribution in [0.2, 0.25) is 0 Å². The zero-order valence-electron chi connectivity index (χ0n) is 25.5. The lowest BCUT2D eigenvalue weighted by Gasteiger charge is -2.27. The van der Waals surface area contributed by atoms with Crippen LogP contribution in [0, 0.1) is 0 Å². The number of benzene rings is 2. The number of aromatic nitrogens is 4. The molecule has 0 bridgehead atoms. The highest BCUT2D eigenvalue weighted by molar-refractivity contribution is 6.23. The number of carbonyl (C=O) groups excluding carboxylic acids is 4. The molecular weight excluding hydrogens is 584 g/mol. The van der Waals surface area contributed by atoms with Gasteiger partial charge < -0.3 is 10.6 Å². The Balaban J connectivity index is 0.871. The average Bonchev–Trinajstić information content (AvgIpc) is 3.82. The number of fused-ring (bicyclic) bond motifs is 2. The lowest BCUT2D eigenvalue weighted by Crippen LogP contribution is -2.54. The van der Waals surface area contributed by atoms with E-state index in [2.05, 4.69) is 33.2 Å². The molecule has 12 nitrogen and oxygen atoms in total. The number of para-hydroxylation sites is 1. The van der Waals surface area contributed by atoms with Crippen LogP contribution >= 0.6 is 0 Å². The van der Waals surface area contributed by atoms with Crippen molar-refractivity contribution in [3.05, 3.63) is 71.7 Å². The van der Waals surface area contributed by atoms with Gasteiger partial charge in [0.25, 0.3) is 11.8 Å². The number of amides is 4. The van der Waals surface area contributed by atoms with Gasteiger partial charge in [0, 0.05) is 43.5 Å². The topological polar surface area (TPSA) is 151 Å². The minimum Gasteiger partial charge on any atom is -0.385 e. The number of rotatable bonds is 11. The van der Waals surface area contributed by atoms with Crippen LogP contribution in [0.3, 0.4) is 0 Å². The van der Waals surface area contributed by atoms with E-state index in [1.165, 1.54) is 5.56 Å². The quantitative estimate of drug-likeness (QED) is 0.169. The van der Waals surface area contributed by atoms with Crippen molar-refractivity contribution in [2.45, 2.75) is 63.5 Å². The minimum atomic E-state index is -0.963. The van der Waals surface area contributed by atoms with E-state index in [1.54, 1.807) is 18.2 Å². The number of imide groups is 2. The smallest absolute Gasteiger partial charge is 0.262 e. The molecule has 5 heterocycles. The predicted octanol–water partition coefficient (Wildman–Crippen LogP) is 3.64. The highest BCUT2D eigenvalue weighted by Crippen LogP contribution is 2.31. The van der Waals surface area contributed by atoms with Gasteiger partial charge >= 0.3 is 0 Å². The van der Waals surface area contributed by atoms with Crippen molar-refractivity contribution < 1.29 is 19.2 Å². The Morgan fingerprint density at radius 2 is 1.80 bits per heavy atom. The van der Waals surface area contributed by atoms with Crippen molar-refractivity contribution in [3.8, 4) is 11.3 Å². The van der Waals surface area contributed by atoms with Crippen LogP contribution in [0.15, 0.2) is 55.0 Å². The second kappa shape index (κ2) is 12.8. The van der Waals surface area contributed by atoms with Crippen LogP contribution in [-0.4, -0.2) is 74.0 Å². The monoisotopic (exact) mass is 620 g/mol. The van der Waals surface area contributed by atoms with E-state index in [-0.39, 0.29) is 24.0 Å². The number of nitrogens with zero attached hydrogens (tertiary/aromatic N) is 5. The van der Waals surface area contributed by atoms with Gasteiger partial charge in [-0.15, -0.1) is 0 Å². The molecule has 12 heteroatoms. The molecule has 4 amide bonds. The molecule has 0 aliphatic carbocycles. The Labute approximate surface area is 266 Å². The third-order valence-corrected chi connectivity index (χ3v) is 9.12. The van der Waals surface area contributed by atoms with Crippen molar-refractivity contribution in [2.24, 2.45) is 0 Å². The largest absolute Gasteiger partial charge is 0.385 e. The molecule has 7 rings (SSSR count). The van der Waals surface area contributed by atoms with Crippen LogP contribution in [-0.2, 0) is 16.1 Å². The van der Waals surface area contributed by atoms with E-state index in [4.69, 9.17) is 9.97 Å². The van der Waals surface area contributed by atoms with Crippen molar-refractivity contribution in [1.82, 2.24) is 35.3 Å². The summed E-state index contributed by atoms with van der Waals surface area (Å²) in [6.07, 6.45) is 11.1. The molecule has 2 aromatic heterocycles. The molecule has 46 heavy (non-hydrogen) atoms. The first-order valence-electron chi connectivity index (χ1n) is 16.0. The number of anilines is 1. The normalized spacial score (nSPS) is 19.6. The van der Waals surface area contributed by atoms with Gasteiger partial charge in [-0.05, 0) is 68.0 Å². The molecule has 2 atom stereocenters. The molecule has 2 fully saturated rings. The van der Waals surface area contributed by atoms with Crippen molar-refractivity contribution in [3.63, 3.8) is 0 Å². The summed E-state index contributed by atoms with van der Waals surface area (Å²) < 4.78 is 1.97. The zero-order chi connectivity index (χ0) is 31.6. The fourth-order valence-electron chi connectivity index (χ4n) is 6.63. The Morgan fingerprint density at radius 1 is 0.935 bits per heavy atom. The maximum absolute atomic E-state index is 13.0. The Bertz CT molecular complexity index is 1830. The summed E-state index contributed by atoms with van der Waals surface area (Å²) >= 11 is 0. The fraction of sp³-hybridized carbons (Fsp3) is 0.382. The summed E-state index contributed by atoms with van der Waals surface area (Å²) in [6.45, 7) is 3.55. The highest BCUT2D eigenvalue weighted by atomic mass is 16.2.